The lowest BCUT2D eigenvalue weighted by molar-refractivity contribution is -0.119. The largest absolute Gasteiger partial charge is 0.493 e. The van der Waals surface area contributed by atoms with Crippen LogP contribution in [0.5, 0.6) is 11.5 Å². The van der Waals surface area contributed by atoms with Crippen LogP contribution in [0.4, 0.5) is 0 Å². The van der Waals surface area contributed by atoms with Gasteiger partial charge in [-0.15, -0.1) is 0 Å². The fraction of sp³-hybridized carbons (Fsp3) is 0.533. The predicted octanol–water partition coefficient (Wildman–Crippen LogP) is 1.46. The van der Waals surface area contributed by atoms with Crippen LogP contribution < -0.4 is 20.1 Å². The van der Waals surface area contributed by atoms with Gasteiger partial charge in [0, 0.05) is 25.6 Å². The van der Waals surface area contributed by atoms with Gasteiger partial charge >= 0.3 is 0 Å². The normalized spacial score (nSPS) is 17.9. The maximum Gasteiger partial charge on any atom is 0.220 e. The molecule has 0 radical (unpaired) electrons. The first-order chi connectivity index (χ1) is 9.72. The summed E-state index contributed by atoms with van der Waals surface area (Å²) in [7, 11) is 1.64. The van der Waals surface area contributed by atoms with Crippen LogP contribution in [0.25, 0.3) is 0 Å². The second-order valence-corrected chi connectivity index (χ2v) is 4.85. The number of nitrogens with one attached hydrogen (secondary N) is 2. The summed E-state index contributed by atoms with van der Waals surface area (Å²) in [5, 5.41) is 6.30. The van der Waals surface area contributed by atoms with Gasteiger partial charge in [0.15, 0.2) is 11.5 Å². The summed E-state index contributed by atoms with van der Waals surface area (Å²) in [5.74, 6) is 1.67. The fourth-order valence-electron chi connectivity index (χ4n) is 2.32. The molecule has 1 aromatic carbocycles. The Morgan fingerprint density at radius 3 is 2.90 bits per heavy atom. The highest BCUT2D eigenvalue weighted by Gasteiger charge is 2.19. The molecule has 2 N–H and O–H groups in total. The van der Waals surface area contributed by atoms with E-state index in [1.165, 1.54) is 0 Å². The quantitative estimate of drug-likeness (QED) is 0.793. The maximum atomic E-state index is 11.1. The summed E-state index contributed by atoms with van der Waals surface area (Å²) in [6.07, 6.45) is 1.56. The van der Waals surface area contributed by atoms with Crippen LogP contribution in [-0.2, 0) is 11.3 Å². The van der Waals surface area contributed by atoms with Gasteiger partial charge in [0.05, 0.1) is 13.7 Å². The van der Waals surface area contributed by atoms with Gasteiger partial charge in [-0.25, -0.2) is 0 Å². The van der Waals surface area contributed by atoms with E-state index in [2.05, 4.69) is 10.6 Å². The van der Waals surface area contributed by atoms with Gasteiger partial charge in [-0.2, -0.15) is 0 Å². The van der Waals surface area contributed by atoms with E-state index in [-0.39, 0.29) is 11.9 Å². The Morgan fingerprint density at radius 1 is 1.40 bits per heavy atom. The molecule has 1 aliphatic rings. The van der Waals surface area contributed by atoms with Gasteiger partial charge in [0.1, 0.15) is 0 Å². The van der Waals surface area contributed by atoms with Crippen molar-refractivity contribution in [1.29, 1.82) is 0 Å². The summed E-state index contributed by atoms with van der Waals surface area (Å²) < 4.78 is 10.8. The zero-order valence-electron chi connectivity index (χ0n) is 12.1. The molecule has 110 valence electrons. The van der Waals surface area contributed by atoms with E-state index in [4.69, 9.17) is 9.47 Å². The summed E-state index contributed by atoms with van der Waals surface area (Å²) in [5.41, 5.74) is 1.13. The van der Waals surface area contributed by atoms with E-state index in [1.807, 2.05) is 25.1 Å². The van der Waals surface area contributed by atoms with E-state index in [0.717, 1.165) is 36.6 Å². The smallest absolute Gasteiger partial charge is 0.220 e. The Labute approximate surface area is 119 Å². The van der Waals surface area contributed by atoms with Crippen molar-refractivity contribution >= 4 is 5.91 Å². The first-order valence-corrected chi connectivity index (χ1v) is 7.02. The van der Waals surface area contributed by atoms with Crippen LogP contribution in [0.1, 0.15) is 25.3 Å². The van der Waals surface area contributed by atoms with Crippen molar-refractivity contribution in [1.82, 2.24) is 10.6 Å². The highest BCUT2D eigenvalue weighted by molar-refractivity contribution is 5.78. The Kier molecular flexibility index (Phi) is 5.24. The van der Waals surface area contributed by atoms with Crippen molar-refractivity contribution < 1.29 is 14.3 Å². The van der Waals surface area contributed by atoms with Crippen molar-refractivity contribution in [3.05, 3.63) is 23.8 Å². The Morgan fingerprint density at radius 2 is 2.25 bits per heavy atom. The number of carbonyl (C=O) groups excluding carboxylic acids is 1. The SMILES string of the molecule is CCOc1ccc(CNCC2CCC(=O)N2)cc1OC. The molecular weight excluding hydrogens is 256 g/mol. The Hall–Kier alpha value is -1.75. The lowest BCUT2D eigenvalue weighted by Crippen LogP contribution is -2.35. The summed E-state index contributed by atoms with van der Waals surface area (Å²) in [6.45, 7) is 4.11. The molecule has 0 aliphatic carbocycles. The molecule has 1 heterocycles. The molecule has 1 saturated heterocycles. The second kappa shape index (κ2) is 7.14. The summed E-state index contributed by atoms with van der Waals surface area (Å²) >= 11 is 0. The number of methoxy groups -OCH3 is 1. The molecule has 1 aromatic rings. The van der Waals surface area contributed by atoms with Crippen molar-refractivity contribution in [3.8, 4) is 11.5 Å². The number of carbonyl (C=O) groups is 1. The fourth-order valence-corrected chi connectivity index (χ4v) is 2.32. The van der Waals surface area contributed by atoms with Crippen LogP contribution in [0, 0.1) is 0 Å². The number of benzene rings is 1. The molecule has 1 aliphatic heterocycles. The summed E-state index contributed by atoms with van der Waals surface area (Å²) in [4.78, 5) is 11.1. The van der Waals surface area contributed by atoms with Crippen molar-refractivity contribution in [2.75, 3.05) is 20.3 Å². The molecule has 1 fully saturated rings. The van der Waals surface area contributed by atoms with Crippen LogP contribution in [0.2, 0.25) is 0 Å². The summed E-state index contributed by atoms with van der Waals surface area (Å²) in [6, 6.07) is 6.18. The number of ether oxygens (including phenoxy) is 2. The van der Waals surface area contributed by atoms with Gasteiger partial charge in [-0.3, -0.25) is 4.79 Å². The molecule has 1 unspecified atom stereocenters. The first kappa shape index (κ1) is 14.7. The third kappa shape index (κ3) is 3.87. The Bertz CT molecular complexity index is 462. The molecule has 5 nitrogen and oxygen atoms in total. The molecule has 5 heteroatoms. The van der Waals surface area contributed by atoms with Crippen LogP contribution in [0.15, 0.2) is 18.2 Å². The van der Waals surface area contributed by atoms with E-state index >= 15 is 0 Å². The second-order valence-electron chi connectivity index (χ2n) is 4.85. The topological polar surface area (TPSA) is 59.6 Å². The maximum absolute atomic E-state index is 11.1. The van der Waals surface area contributed by atoms with Crippen LogP contribution >= 0.6 is 0 Å². The average Bonchev–Trinajstić information content (AvgIpc) is 2.86. The van der Waals surface area contributed by atoms with E-state index in [1.54, 1.807) is 7.11 Å². The standard InChI is InChI=1S/C15H22N2O3/c1-3-20-13-6-4-11(8-14(13)19-2)9-16-10-12-5-7-15(18)17-12/h4,6,8,12,16H,3,5,7,9-10H2,1-2H3,(H,17,18). The van der Waals surface area contributed by atoms with Gasteiger partial charge < -0.3 is 20.1 Å². The molecule has 0 spiro atoms. The minimum Gasteiger partial charge on any atom is -0.493 e. The molecule has 1 atom stereocenters. The zero-order chi connectivity index (χ0) is 14.4. The minimum atomic E-state index is 0.152. The molecule has 20 heavy (non-hydrogen) atoms. The van der Waals surface area contributed by atoms with Gasteiger partial charge in [-0.1, -0.05) is 6.07 Å². The van der Waals surface area contributed by atoms with Crippen LogP contribution in [0.3, 0.4) is 0 Å². The lowest BCUT2D eigenvalue weighted by Gasteiger charge is -2.13. The third-order valence-electron chi connectivity index (χ3n) is 3.33. The highest BCUT2D eigenvalue weighted by atomic mass is 16.5. The van der Waals surface area contributed by atoms with Crippen molar-refractivity contribution in [2.45, 2.75) is 32.4 Å². The van der Waals surface area contributed by atoms with Gasteiger partial charge in [0.2, 0.25) is 5.91 Å². The monoisotopic (exact) mass is 278 g/mol. The minimum absolute atomic E-state index is 0.152. The third-order valence-corrected chi connectivity index (χ3v) is 3.33. The molecule has 2 rings (SSSR count). The number of rotatable bonds is 7. The van der Waals surface area contributed by atoms with Gasteiger partial charge in [-0.05, 0) is 31.0 Å². The van der Waals surface area contributed by atoms with Gasteiger partial charge in [0.25, 0.3) is 0 Å². The van der Waals surface area contributed by atoms with Crippen molar-refractivity contribution in [3.63, 3.8) is 0 Å². The molecule has 1 amide bonds. The van der Waals surface area contributed by atoms with E-state index in [9.17, 15) is 4.79 Å². The molecular formula is C15H22N2O3. The average molecular weight is 278 g/mol. The highest BCUT2D eigenvalue weighted by Crippen LogP contribution is 2.27. The first-order valence-electron chi connectivity index (χ1n) is 7.02. The lowest BCUT2D eigenvalue weighted by atomic mass is 10.2. The molecule has 0 aromatic heterocycles. The van der Waals surface area contributed by atoms with E-state index in [0.29, 0.717) is 13.0 Å². The van der Waals surface area contributed by atoms with Crippen molar-refractivity contribution in [2.24, 2.45) is 0 Å². The zero-order valence-corrected chi connectivity index (χ0v) is 12.1. The Balaban J connectivity index is 1.84. The number of hydrogen-bond acceptors (Lipinski definition) is 4. The molecule has 0 bridgehead atoms. The molecule has 0 saturated carbocycles. The predicted molar refractivity (Wildman–Crippen MR) is 77.0 cm³/mol. The number of hydrogen-bond donors (Lipinski definition) is 2. The van der Waals surface area contributed by atoms with E-state index < -0.39 is 0 Å². The number of amides is 1. The van der Waals surface area contributed by atoms with Crippen LogP contribution in [-0.4, -0.2) is 32.2 Å².